The number of hydrogen-bond donors (Lipinski definition) is 1. The third-order valence-electron chi connectivity index (χ3n) is 1.09. The van der Waals surface area contributed by atoms with E-state index in [9.17, 15) is 0 Å². The molecule has 0 saturated carbocycles. The van der Waals surface area contributed by atoms with Crippen molar-refractivity contribution >= 4 is 7.92 Å². The molecular formula is C5H13OP. The van der Waals surface area contributed by atoms with Crippen LogP contribution >= 0.6 is 7.92 Å². The molecule has 0 aliphatic rings. The first-order valence-corrected chi connectivity index (χ1v) is 4.58. The van der Waals surface area contributed by atoms with Crippen LogP contribution in [0.3, 0.4) is 0 Å². The smallest absolute Gasteiger partial charge is 0.0624 e. The number of rotatable bonds is 3. The zero-order valence-electron chi connectivity index (χ0n) is 5.02. The second-order valence-electron chi connectivity index (χ2n) is 1.44. The van der Waals surface area contributed by atoms with Gasteiger partial charge in [-0.15, -0.1) is 0 Å². The fourth-order valence-electron chi connectivity index (χ4n) is 0.424. The molecule has 0 saturated heterocycles. The lowest BCUT2D eigenvalue weighted by Gasteiger charge is -2.05. The van der Waals surface area contributed by atoms with Crippen LogP contribution in [-0.2, 0) is 0 Å². The summed E-state index contributed by atoms with van der Waals surface area (Å²) in [6.07, 6.45) is 2.76. The van der Waals surface area contributed by atoms with Crippen LogP contribution in [0.1, 0.15) is 13.8 Å². The number of aliphatic hydroxyl groups excluding tert-OH is 1. The van der Waals surface area contributed by atoms with Gasteiger partial charge < -0.3 is 5.11 Å². The number of aliphatic hydroxyl groups is 1. The monoisotopic (exact) mass is 120 g/mol. The van der Waals surface area contributed by atoms with E-state index in [4.69, 9.17) is 5.11 Å². The van der Waals surface area contributed by atoms with Crippen LogP contribution in [0.5, 0.6) is 0 Å². The lowest BCUT2D eigenvalue weighted by Crippen LogP contribution is -1.86. The number of hydrogen-bond acceptors (Lipinski definition) is 1. The quantitative estimate of drug-likeness (QED) is 0.559. The van der Waals surface area contributed by atoms with Crippen molar-refractivity contribution in [2.75, 3.05) is 18.7 Å². The van der Waals surface area contributed by atoms with Gasteiger partial charge in [-0.2, -0.15) is 0 Å². The molecule has 0 heterocycles. The molecule has 0 aromatic rings. The zero-order chi connectivity index (χ0) is 5.70. The van der Waals surface area contributed by atoms with Gasteiger partial charge in [-0.25, -0.2) is 0 Å². The van der Waals surface area contributed by atoms with Gasteiger partial charge in [0.05, 0.1) is 6.35 Å². The Kier molecular flexibility index (Phi) is 4.80. The van der Waals surface area contributed by atoms with E-state index >= 15 is 0 Å². The molecule has 0 bridgehead atoms. The van der Waals surface area contributed by atoms with Crippen molar-refractivity contribution in [2.24, 2.45) is 0 Å². The molecule has 0 rings (SSSR count). The van der Waals surface area contributed by atoms with Crippen LogP contribution in [0.4, 0.5) is 0 Å². The van der Waals surface area contributed by atoms with E-state index in [1.54, 1.807) is 0 Å². The lowest BCUT2D eigenvalue weighted by molar-refractivity contribution is 0.370. The van der Waals surface area contributed by atoms with Gasteiger partial charge in [0.15, 0.2) is 0 Å². The van der Waals surface area contributed by atoms with Gasteiger partial charge in [0, 0.05) is 0 Å². The standard InChI is InChI=1S/C5H13OP/c1-3-7(4-2)5-6/h6H,3-5H2,1-2H3. The van der Waals surface area contributed by atoms with Gasteiger partial charge in [0.25, 0.3) is 0 Å². The Balaban J connectivity index is 2.99. The van der Waals surface area contributed by atoms with Crippen molar-refractivity contribution in [1.82, 2.24) is 0 Å². The van der Waals surface area contributed by atoms with E-state index in [1.165, 1.54) is 12.3 Å². The van der Waals surface area contributed by atoms with Crippen LogP contribution in [0.25, 0.3) is 0 Å². The predicted molar refractivity (Wildman–Crippen MR) is 35.1 cm³/mol. The predicted octanol–water partition coefficient (Wildman–Crippen LogP) is 1.46. The van der Waals surface area contributed by atoms with Crippen molar-refractivity contribution in [3.63, 3.8) is 0 Å². The minimum absolute atomic E-state index is 0.00154. The Morgan fingerprint density at radius 2 is 1.71 bits per heavy atom. The van der Waals surface area contributed by atoms with E-state index in [2.05, 4.69) is 13.8 Å². The minimum atomic E-state index is 0.00154. The molecule has 1 nitrogen and oxygen atoms in total. The van der Waals surface area contributed by atoms with Gasteiger partial charge in [-0.1, -0.05) is 21.8 Å². The van der Waals surface area contributed by atoms with E-state index in [-0.39, 0.29) is 7.92 Å². The molecule has 0 unspecified atom stereocenters. The van der Waals surface area contributed by atoms with Crippen LogP contribution in [0.15, 0.2) is 0 Å². The average Bonchev–Trinajstić information content (AvgIpc) is 1.72. The zero-order valence-corrected chi connectivity index (χ0v) is 5.91. The summed E-state index contributed by atoms with van der Waals surface area (Å²) in [5.41, 5.74) is 0. The molecule has 0 aromatic heterocycles. The maximum absolute atomic E-state index is 8.55. The van der Waals surface area contributed by atoms with Gasteiger partial charge in [0.2, 0.25) is 0 Å². The molecule has 0 spiro atoms. The summed E-state index contributed by atoms with van der Waals surface area (Å²) in [6, 6.07) is 0. The molecular weight excluding hydrogens is 107 g/mol. The molecule has 0 aromatic carbocycles. The molecule has 0 fully saturated rings. The fraction of sp³-hybridized carbons (Fsp3) is 1.00. The summed E-state index contributed by atoms with van der Waals surface area (Å²) < 4.78 is 0. The van der Waals surface area contributed by atoms with Crippen molar-refractivity contribution in [3.8, 4) is 0 Å². The van der Waals surface area contributed by atoms with Crippen molar-refractivity contribution in [2.45, 2.75) is 13.8 Å². The van der Waals surface area contributed by atoms with Gasteiger partial charge in [-0.3, -0.25) is 0 Å². The second-order valence-corrected chi connectivity index (χ2v) is 4.33. The van der Waals surface area contributed by atoms with Crippen molar-refractivity contribution in [3.05, 3.63) is 0 Å². The molecule has 0 aliphatic carbocycles. The van der Waals surface area contributed by atoms with Gasteiger partial charge >= 0.3 is 0 Å². The fourth-order valence-corrected chi connectivity index (χ4v) is 1.27. The molecule has 44 valence electrons. The summed E-state index contributed by atoms with van der Waals surface area (Å²) >= 11 is 0. The highest BCUT2D eigenvalue weighted by atomic mass is 31.1. The molecule has 2 heteroatoms. The summed E-state index contributed by atoms with van der Waals surface area (Å²) in [6.45, 7) is 4.26. The molecule has 0 atom stereocenters. The average molecular weight is 120 g/mol. The van der Waals surface area contributed by atoms with E-state index < -0.39 is 0 Å². The first-order chi connectivity index (χ1) is 3.35. The molecule has 0 amide bonds. The Hall–Kier alpha value is 0.390. The summed E-state index contributed by atoms with van der Waals surface area (Å²) in [5, 5.41) is 8.55. The highest BCUT2D eigenvalue weighted by Crippen LogP contribution is 2.31. The second kappa shape index (κ2) is 4.55. The maximum Gasteiger partial charge on any atom is 0.0624 e. The maximum atomic E-state index is 8.55. The normalized spacial score (nSPS) is 10.3. The van der Waals surface area contributed by atoms with E-state index in [0.717, 1.165) is 0 Å². The third kappa shape index (κ3) is 3.02. The van der Waals surface area contributed by atoms with Gasteiger partial charge in [-0.05, 0) is 12.3 Å². The Bertz CT molecular complexity index is 29.6. The Morgan fingerprint density at radius 3 is 1.71 bits per heavy atom. The van der Waals surface area contributed by atoms with Crippen molar-refractivity contribution < 1.29 is 5.11 Å². The molecule has 7 heavy (non-hydrogen) atoms. The summed E-state index contributed by atoms with van der Waals surface area (Å²) in [4.78, 5) is 0. The SMILES string of the molecule is CCP(CC)CO. The summed E-state index contributed by atoms with van der Waals surface area (Å²) in [7, 11) is 0.00154. The van der Waals surface area contributed by atoms with Gasteiger partial charge in [0.1, 0.15) is 0 Å². The minimum Gasteiger partial charge on any atom is -0.392 e. The molecule has 0 aliphatic heterocycles. The molecule has 0 radical (unpaired) electrons. The highest BCUT2D eigenvalue weighted by Gasteiger charge is 1.95. The van der Waals surface area contributed by atoms with E-state index in [0.29, 0.717) is 6.35 Å². The Morgan fingerprint density at radius 1 is 1.29 bits per heavy atom. The first-order valence-electron chi connectivity index (χ1n) is 2.68. The highest BCUT2D eigenvalue weighted by molar-refractivity contribution is 7.57. The van der Waals surface area contributed by atoms with Crippen LogP contribution in [0.2, 0.25) is 0 Å². The first kappa shape index (κ1) is 7.39. The lowest BCUT2D eigenvalue weighted by atomic mass is 11.0. The topological polar surface area (TPSA) is 20.2 Å². The van der Waals surface area contributed by atoms with Crippen LogP contribution < -0.4 is 0 Å². The van der Waals surface area contributed by atoms with Crippen LogP contribution in [0, 0.1) is 0 Å². The summed E-state index contributed by atoms with van der Waals surface area (Å²) in [5.74, 6) is 0. The Labute approximate surface area is 46.5 Å². The van der Waals surface area contributed by atoms with Crippen molar-refractivity contribution in [1.29, 1.82) is 0 Å². The van der Waals surface area contributed by atoms with Crippen LogP contribution in [-0.4, -0.2) is 23.8 Å². The van der Waals surface area contributed by atoms with E-state index in [1.807, 2.05) is 0 Å². The third-order valence-corrected chi connectivity index (χ3v) is 3.28. The largest absolute Gasteiger partial charge is 0.392 e. The molecule has 1 N–H and O–H groups in total.